The van der Waals surface area contributed by atoms with Gasteiger partial charge in [-0.05, 0) is 45.0 Å². The molecule has 1 saturated heterocycles. The number of rotatable bonds is 4. The molecule has 1 amide bonds. The van der Waals surface area contributed by atoms with Crippen molar-refractivity contribution in [3.05, 3.63) is 42.2 Å². The number of nitrogens with zero attached hydrogens (tertiary/aromatic N) is 3. The Kier molecular flexibility index (Phi) is 4.51. The van der Waals surface area contributed by atoms with Crippen LogP contribution in [0, 0.1) is 5.92 Å². The molecule has 0 unspecified atom stereocenters. The van der Waals surface area contributed by atoms with E-state index in [-0.39, 0.29) is 5.91 Å². The summed E-state index contributed by atoms with van der Waals surface area (Å²) in [5, 5.41) is 8.43. The van der Waals surface area contributed by atoms with Crippen molar-refractivity contribution in [2.75, 3.05) is 33.7 Å². The van der Waals surface area contributed by atoms with Crippen LogP contribution >= 0.6 is 0 Å². The predicted molar refractivity (Wildman–Crippen MR) is 103 cm³/mol. The summed E-state index contributed by atoms with van der Waals surface area (Å²) in [7, 11) is 4.21. The zero-order chi connectivity index (χ0) is 18.1. The minimum atomic E-state index is 0.0481. The van der Waals surface area contributed by atoms with Gasteiger partial charge in [0.05, 0.1) is 5.69 Å². The van der Waals surface area contributed by atoms with Gasteiger partial charge in [0.1, 0.15) is 5.69 Å². The van der Waals surface area contributed by atoms with Crippen molar-refractivity contribution < 1.29 is 4.79 Å². The van der Waals surface area contributed by atoms with Crippen LogP contribution in [0.2, 0.25) is 0 Å². The van der Waals surface area contributed by atoms with E-state index in [2.05, 4.69) is 40.2 Å². The molecular weight excluding hydrogens is 326 g/mol. The van der Waals surface area contributed by atoms with Crippen molar-refractivity contribution in [2.24, 2.45) is 5.92 Å². The number of hydrogen-bond donors (Lipinski definition) is 2. The quantitative estimate of drug-likeness (QED) is 0.759. The second-order valence-corrected chi connectivity index (χ2v) is 7.41. The fourth-order valence-corrected chi connectivity index (χ4v) is 3.86. The molecule has 136 valence electrons. The van der Waals surface area contributed by atoms with E-state index in [4.69, 9.17) is 0 Å². The number of hydrogen-bond acceptors (Lipinski definition) is 3. The van der Waals surface area contributed by atoms with Crippen LogP contribution in [-0.4, -0.2) is 64.6 Å². The highest BCUT2D eigenvalue weighted by Crippen LogP contribution is 2.28. The molecule has 1 aliphatic heterocycles. The average molecular weight is 351 g/mol. The Morgan fingerprint density at radius 3 is 2.81 bits per heavy atom. The monoisotopic (exact) mass is 351 g/mol. The van der Waals surface area contributed by atoms with Gasteiger partial charge in [0.25, 0.3) is 5.91 Å². The largest absolute Gasteiger partial charge is 0.360 e. The molecule has 6 nitrogen and oxygen atoms in total. The first-order chi connectivity index (χ1) is 12.6. The highest BCUT2D eigenvalue weighted by Gasteiger charge is 2.25. The first kappa shape index (κ1) is 16.8. The van der Waals surface area contributed by atoms with Gasteiger partial charge in [0.15, 0.2) is 0 Å². The zero-order valence-corrected chi connectivity index (χ0v) is 15.3. The molecule has 3 heterocycles. The van der Waals surface area contributed by atoms with Crippen molar-refractivity contribution in [2.45, 2.75) is 12.8 Å². The fraction of sp³-hybridized carbons (Fsp3) is 0.400. The van der Waals surface area contributed by atoms with Gasteiger partial charge in [-0.15, -0.1) is 0 Å². The van der Waals surface area contributed by atoms with Crippen LogP contribution in [0.3, 0.4) is 0 Å². The molecule has 4 rings (SSSR count). The molecular formula is C20H25N5O. The van der Waals surface area contributed by atoms with E-state index in [0.29, 0.717) is 11.6 Å². The summed E-state index contributed by atoms with van der Waals surface area (Å²) in [5.74, 6) is 0.726. The topological polar surface area (TPSA) is 68.0 Å². The third-order valence-corrected chi connectivity index (χ3v) is 5.20. The first-order valence-corrected chi connectivity index (χ1v) is 9.17. The number of para-hydroxylation sites is 1. The molecule has 0 bridgehead atoms. The van der Waals surface area contributed by atoms with E-state index in [0.717, 1.165) is 54.6 Å². The van der Waals surface area contributed by atoms with Crippen molar-refractivity contribution >= 4 is 16.8 Å². The van der Waals surface area contributed by atoms with Crippen LogP contribution in [0.5, 0.6) is 0 Å². The van der Waals surface area contributed by atoms with E-state index >= 15 is 0 Å². The second kappa shape index (κ2) is 6.96. The van der Waals surface area contributed by atoms with Crippen LogP contribution < -0.4 is 0 Å². The zero-order valence-electron chi connectivity index (χ0n) is 15.3. The molecule has 0 saturated carbocycles. The Labute approximate surface area is 153 Å². The average Bonchev–Trinajstić information content (AvgIpc) is 3.28. The lowest BCUT2D eigenvalue weighted by Gasteiger charge is -2.32. The Balaban J connectivity index is 1.47. The van der Waals surface area contributed by atoms with E-state index in [1.165, 1.54) is 0 Å². The molecule has 0 atom stereocenters. The third-order valence-electron chi connectivity index (χ3n) is 5.20. The van der Waals surface area contributed by atoms with E-state index in [9.17, 15) is 4.79 Å². The summed E-state index contributed by atoms with van der Waals surface area (Å²) < 4.78 is 0. The summed E-state index contributed by atoms with van der Waals surface area (Å²) in [6.07, 6.45) is 4.07. The molecule has 2 aromatic heterocycles. The maximum Gasteiger partial charge on any atom is 0.271 e. The molecule has 0 radical (unpaired) electrons. The van der Waals surface area contributed by atoms with Gasteiger partial charge in [-0.3, -0.25) is 9.89 Å². The minimum Gasteiger partial charge on any atom is -0.360 e. The number of H-pyrrole nitrogens is 2. The van der Waals surface area contributed by atoms with Crippen molar-refractivity contribution in [3.63, 3.8) is 0 Å². The molecule has 1 aliphatic rings. The number of likely N-dealkylation sites (tertiary alicyclic amines) is 1. The van der Waals surface area contributed by atoms with Crippen molar-refractivity contribution in [3.8, 4) is 11.3 Å². The number of carbonyl (C=O) groups is 1. The van der Waals surface area contributed by atoms with Crippen LogP contribution in [0.25, 0.3) is 22.2 Å². The Morgan fingerprint density at radius 2 is 2.04 bits per heavy atom. The summed E-state index contributed by atoms with van der Waals surface area (Å²) in [6.45, 7) is 2.73. The highest BCUT2D eigenvalue weighted by molar-refractivity contribution is 5.97. The van der Waals surface area contributed by atoms with Gasteiger partial charge in [-0.1, -0.05) is 18.2 Å². The van der Waals surface area contributed by atoms with Crippen molar-refractivity contribution in [1.82, 2.24) is 25.0 Å². The van der Waals surface area contributed by atoms with Crippen LogP contribution in [0.1, 0.15) is 23.3 Å². The summed E-state index contributed by atoms with van der Waals surface area (Å²) in [5.41, 5.74) is 3.45. The van der Waals surface area contributed by atoms with Gasteiger partial charge in [0, 0.05) is 42.3 Å². The standard InChI is InChI=1S/C20H25N5O/c1-24(2)13-14-7-9-25(10-8-14)20(26)19-11-18(22-23-19)16-12-21-17-6-4-3-5-15(16)17/h3-6,11-12,14,21H,7-10,13H2,1-2H3,(H,22,23). The number of amides is 1. The van der Waals surface area contributed by atoms with E-state index in [1.807, 2.05) is 35.4 Å². The summed E-state index contributed by atoms with van der Waals surface area (Å²) >= 11 is 0. The molecule has 3 aromatic rings. The molecule has 0 aliphatic carbocycles. The maximum absolute atomic E-state index is 12.8. The number of carbonyl (C=O) groups excluding carboxylic acids is 1. The van der Waals surface area contributed by atoms with Crippen LogP contribution in [0.15, 0.2) is 36.5 Å². The number of aromatic nitrogens is 3. The van der Waals surface area contributed by atoms with Gasteiger partial charge < -0.3 is 14.8 Å². The maximum atomic E-state index is 12.8. The van der Waals surface area contributed by atoms with Gasteiger partial charge in [0.2, 0.25) is 0 Å². The number of aromatic amines is 2. The smallest absolute Gasteiger partial charge is 0.271 e. The molecule has 1 fully saturated rings. The lowest BCUT2D eigenvalue weighted by Crippen LogP contribution is -2.40. The van der Waals surface area contributed by atoms with Gasteiger partial charge in [-0.2, -0.15) is 5.10 Å². The Bertz CT molecular complexity index is 902. The molecule has 26 heavy (non-hydrogen) atoms. The highest BCUT2D eigenvalue weighted by atomic mass is 16.2. The normalized spacial score (nSPS) is 15.9. The molecule has 2 N–H and O–H groups in total. The number of nitrogens with one attached hydrogen (secondary N) is 2. The third kappa shape index (κ3) is 3.24. The van der Waals surface area contributed by atoms with E-state index in [1.54, 1.807) is 0 Å². The van der Waals surface area contributed by atoms with E-state index < -0.39 is 0 Å². The van der Waals surface area contributed by atoms with Gasteiger partial charge >= 0.3 is 0 Å². The Hall–Kier alpha value is -2.60. The lowest BCUT2D eigenvalue weighted by atomic mass is 9.96. The number of fused-ring (bicyclic) bond motifs is 1. The Morgan fingerprint density at radius 1 is 1.27 bits per heavy atom. The first-order valence-electron chi connectivity index (χ1n) is 9.17. The minimum absolute atomic E-state index is 0.0481. The summed E-state index contributed by atoms with van der Waals surface area (Å²) in [6, 6.07) is 9.98. The fourth-order valence-electron chi connectivity index (χ4n) is 3.86. The lowest BCUT2D eigenvalue weighted by molar-refractivity contribution is 0.0672. The summed E-state index contributed by atoms with van der Waals surface area (Å²) in [4.78, 5) is 20.2. The van der Waals surface area contributed by atoms with Crippen LogP contribution in [-0.2, 0) is 0 Å². The van der Waals surface area contributed by atoms with Gasteiger partial charge in [-0.25, -0.2) is 0 Å². The number of piperidine rings is 1. The molecule has 1 aromatic carbocycles. The van der Waals surface area contributed by atoms with Crippen LogP contribution in [0.4, 0.5) is 0 Å². The second-order valence-electron chi connectivity index (χ2n) is 7.41. The predicted octanol–water partition coefficient (Wildman–Crippen LogP) is 2.97. The van der Waals surface area contributed by atoms with Crippen molar-refractivity contribution in [1.29, 1.82) is 0 Å². The number of benzene rings is 1. The molecule has 6 heteroatoms. The SMILES string of the molecule is CN(C)CC1CCN(C(=O)c2cc(-c3c[nH]c4ccccc34)n[nH]2)CC1. The molecule has 0 spiro atoms.